The molecule has 0 spiro atoms. The summed E-state index contributed by atoms with van der Waals surface area (Å²) in [6, 6.07) is 19.0. The van der Waals surface area contributed by atoms with Gasteiger partial charge in [-0.1, -0.05) is 18.2 Å². The molecule has 2 aromatic carbocycles. The number of fused-ring (bicyclic) bond motifs is 2. The number of para-hydroxylation sites is 1. The molecule has 0 amide bonds. The highest BCUT2D eigenvalue weighted by atomic mass is 32.1. The van der Waals surface area contributed by atoms with Crippen LogP contribution in [0, 0.1) is 0 Å². The average Bonchev–Trinajstić information content (AvgIpc) is 3.18. The first-order chi connectivity index (χ1) is 17.3. The van der Waals surface area contributed by atoms with Crippen molar-refractivity contribution in [2.75, 3.05) is 26.2 Å². The van der Waals surface area contributed by atoms with Crippen LogP contribution in [0.3, 0.4) is 0 Å². The summed E-state index contributed by atoms with van der Waals surface area (Å²) in [6.07, 6.45) is 5.93. The maximum absolute atomic E-state index is 6.11. The highest BCUT2D eigenvalue weighted by molar-refractivity contribution is 7.18. The SMILES string of the molecule is c1cncc(OC2CCN(Cc3ccc4c(c3)CN(Cc3nc5ccccc5s3)CCO4)CC2)c1. The van der Waals surface area contributed by atoms with Gasteiger partial charge in [0.05, 0.1) is 23.0 Å². The van der Waals surface area contributed by atoms with Gasteiger partial charge in [0.15, 0.2) is 0 Å². The Balaban J connectivity index is 1.07. The minimum atomic E-state index is 0.270. The van der Waals surface area contributed by atoms with E-state index in [1.54, 1.807) is 23.7 Å². The predicted octanol–water partition coefficient (Wildman–Crippen LogP) is 5.13. The molecule has 6 rings (SSSR count). The number of thiazole rings is 1. The molecule has 2 aromatic heterocycles. The van der Waals surface area contributed by atoms with Crippen molar-refractivity contribution in [3.05, 3.63) is 83.1 Å². The van der Waals surface area contributed by atoms with E-state index in [-0.39, 0.29) is 6.10 Å². The highest BCUT2D eigenvalue weighted by Gasteiger charge is 2.22. The van der Waals surface area contributed by atoms with Crippen molar-refractivity contribution in [1.82, 2.24) is 19.8 Å². The minimum absolute atomic E-state index is 0.270. The van der Waals surface area contributed by atoms with Crippen molar-refractivity contribution >= 4 is 21.6 Å². The van der Waals surface area contributed by atoms with Crippen LogP contribution >= 0.6 is 11.3 Å². The van der Waals surface area contributed by atoms with Gasteiger partial charge in [0, 0.05) is 44.5 Å². The molecule has 1 saturated heterocycles. The molecule has 0 atom stereocenters. The molecule has 0 unspecified atom stereocenters. The van der Waals surface area contributed by atoms with Gasteiger partial charge in [-0.3, -0.25) is 14.8 Å². The van der Waals surface area contributed by atoms with Crippen LogP contribution in [0.25, 0.3) is 10.2 Å². The number of ether oxygens (including phenoxy) is 2. The molecular formula is C28H30N4O2S. The molecule has 2 aliphatic rings. The lowest BCUT2D eigenvalue weighted by Gasteiger charge is -2.32. The average molecular weight is 487 g/mol. The summed E-state index contributed by atoms with van der Waals surface area (Å²) < 4.78 is 13.5. The van der Waals surface area contributed by atoms with Crippen molar-refractivity contribution in [3.8, 4) is 11.5 Å². The molecule has 0 N–H and O–H groups in total. The van der Waals surface area contributed by atoms with Crippen LogP contribution in [-0.4, -0.2) is 52.1 Å². The third-order valence-corrected chi connectivity index (χ3v) is 7.78. The zero-order chi connectivity index (χ0) is 23.5. The largest absolute Gasteiger partial charge is 0.492 e. The van der Waals surface area contributed by atoms with Crippen LogP contribution in [0.2, 0.25) is 0 Å². The number of pyridine rings is 1. The van der Waals surface area contributed by atoms with Gasteiger partial charge in [-0.15, -0.1) is 11.3 Å². The molecule has 1 fully saturated rings. The van der Waals surface area contributed by atoms with E-state index in [2.05, 4.69) is 57.2 Å². The van der Waals surface area contributed by atoms with Crippen LogP contribution in [0.4, 0.5) is 0 Å². The number of hydrogen-bond donors (Lipinski definition) is 0. The molecular weight excluding hydrogens is 456 g/mol. The number of piperidine rings is 1. The van der Waals surface area contributed by atoms with Gasteiger partial charge in [-0.25, -0.2) is 4.98 Å². The maximum Gasteiger partial charge on any atom is 0.137 e. The van der Waals surface area contributed by atoms with Gasteiger partial charge in [0.2, 0.25) is 0 Å². The van der Waals surface area contributed by atoms with Crippen LogP contribution < -0.4 is 9.47 Å². The third-order valence-electron chi connectivity index (χ3n) is 6.76. The lowest BCUT2D eigenvalue weighted by atomic mass is 10.0. The summed E-state index contributed by atoms with van der Waals surface area (Å²) >= 11 is 1.79. The van der Waals surface area contributed by atoms with E-state index in [9.17, 15) is 0 Å². The van der Waals surface area contributed by atoms with Gasteiger partial charge in [0.1, 0.15) is 29.2 Å². The van der Waals surface area contributed by atoms with Crippen LogP contribution in [-0.2, 0) is 19.6 Å². The molecule has 0 radical (unpaired) electrons. The first-order valence-electron chi connectivity index (χ1n) is 12.4. The fraction of sp³-hybridized carbons (Fsp3) is 0.357. The fourth-order valence-corrected chi connectivity index (χ4v) is 5.98. The molecule has 6 nitrogen and oxygen atoms in total. The standard InChI is InChI=1S/C28H30N4O2S/c1-2-6-27-25(5-1)30-28(35-27)20-32-14-15-33-26-8-7-21(16-22(26)19-32)18-31-12-9-23(10-13-31)34-24-4-3-11-29-17-24/h1-8,11,16-17,23H,9-10,12-15,18-20H2. The van der Waals surface area contributed by atoms with E-state index >= 15 is 0 Å². The van der Waals surface area contributed by atoms with E-state index in [1.807, 2.05) is 12.1 Å². The van der Waals surface area contributed by atoms with E-state index < -0.39 is 0 Å². The number of benzene rings is 2. The summed E-state index contributed by atoms with van der Waals surface area (Å²) in [5, 5.41) is 1.17. The fourth-order valence-electron chi connectivity index (χ4n) is 4.97. The summed E-state index contributed by atoms with van der Waals surface area (Å²) in [5.74, 6) is 1.89. The molecule has 4 aromatic rings. The van der Waals surface area contributed by atoms with E-state index in [4.69, 9.17) is 14.5 Å². The van der Waals surface area contributed by atoms with Gasteiger partial charge in [-0.2, -0.15) is 0 Å². The molecule has 180 valence electrons. The molecule has 4 heterocycles. The Kier molecular flexibility index (Phi) is 6.62. The Morgan fingerprint density at radius 1 is 0.971 bits per heavy atom. The second-order valence-electron chi connectivity index (χ2n) is 9.36. The number of likely N-dealkylation sites (tertiary alicyclic amines) is 1. The monoisotopic (exact) mass is 486 g/mol. The van der Waals surface area contributed by atoms with Crippen LogP contribution in [0.5, 0.6) is 11.5 Å². The number of aromatic nitrogens is 2. The summed E-state index contributed by atoms with van der Waals surface area (Å²) in [6.45, 7) is 6.41. The molecule has 0 bridgehead atoms. The van der Waals surface area contributed by atoms with Crippen molar-refractivity contribution in [1.29, 1.82) is 0 Å². The Hall–Kier alpha value is -3.00. The zero-order valence-corrected chi connectivity index (χ0v) is 20.6. The molecule has 0 aliphatic carbocycles. The number of rotatable bonds is 6. The summed E-state index contributed by atoms with van der Waals surface area (Å²) in [7, 11) is 0. The Morgan fingerprint density at radius 2 is 1.89 bits per heavy atom. The van der Waals surface area contributed by atoms with E-state index in [0.717, 1.165) is 69.1 Å². The Bertz CT molecular complexity index is 1240. The van der Waals surface area contributed by atoms with E-state index in [1.165, 1.54) is 20.8 Å². The smallest absolute Gasteiger partial charge is 0.137 e. The molecule has 0 saturated carbocycles. The van der Waals surface area contributed by atoms with Crippen LogP contribution in [0.15, 0.2) is 67.0 Å². The van der Waals surface area contributed by atoms with Crippen molar-refractivity contribution in [2.45, 2.75) is 38.6 Å². The maximum atomic E-state index is 6.11. The van der Waals surface area contributed by atoms with Gasteiger partial charge in [0.25, 0.3) is 0 Å². The molecule has 2 aliphatic heterocycles. The van der Waals surface area contributed by atoms with Crippen LogP contribution in [0.1, 0.15) is 29.0 Å². The van der Waals surface area contributed by atoms with Crippen molar-refractivity contribution < 1.29 is 9.47 Å². The summed E-state index contributed by atoms with van der Waals surface area (Å²) in [5.41, 5.74) is 3.72. The predicted molar refractivity (Wildman–Crippen MR) is 139 cm³/mol. The van der Waals surface area contributed by atoms with Gasteiger partial charge in [-0.05, 0) is 54.8 Å². The van der Waals surface area contributed by atoms with Gasteiger partial charge >= 0.3 is 0 Å². The van der Waals surface area contributed by atoms with Crippen molar-refractivity contribution in [2.24, 2.45) is 0 Å². The second kappa shape index (κ2) is 10.3. The molecule has 35 heavy (non-hydrogen) atoms. The zero-order valence-electron chi connectivity index (χ0n) is 19.8. The number of nitrogens with zero attached hydrogens (tertiary/aromatic N) is 4. The minimum Gasteiger partial charge on any atom is -0.492 e. The normalized spacial score (nSPS) is 17.6. The van der Waals surface area contributed by atoms with Gasteiger partial charge < -0.3 is 9.47 Å². The topological polar surface area (TPSA) is 50.7 Å². The lowest BCUT2D eigenvalue weighted by Crippen LogP contribution is -2.37. The first kappa shape index (κ1) is 22.5. The summed E-state index contributed by atoms with van der Waals surface area (Å²) in [4.78, 5) is 14.0. The Labute approximate surface area is 210 Å². The highest BCUT2D eigenvalue weighted by Crippen LogP contribution is 2.28. The Morgan fingerprint density at radius 3 is 2.74 bits per heavy atom. The van der Waals surface area contributed by atoms with Crippen molar-refractivity contribution in [3.63, 3.8) is 0 Å². The molecule has 7 heteroatoms. The second-order valence-corrected chi connectivity index (χ2v) is 10.5. The first-order valence-corrected chi connectivity index (χ1v) is 13.2. The number of hydrogen-bond acceptors (Lipinski definition) is 7. The lowest BCUT2D eigenvalue weighted by molar-refractivity contribution is 0.0965. The third kappa shape index (κ3) is 5.48. The quantitative estimate of drug-likeness (QED) is 0.377. The van der Waals surface area contributed by atoms with E-state index in [0.29, 0.717) is 6.61 Å².